The summed E-state index contributed by atoms with van der Waals surface area (Å²) < 4.78 is 5.25. The summed E-state index contributed by atoms with van der Waals surface area (Å²) in [4.78, 5) is 21.0. The number of aromatic nitrogens is 1. The van der Waals surface area contributed by atoms with Crippen molar-refractivity contribution in [2.75, 3.05) is 38.2 Å². The van der Waals surface area contributed by atoms with Crippen molar-refractivity contribution in [3.63, 3.8) is 0 Å². The fourth-order valence-electron chi connectivity index (χ4n) is 3.56. The summed E-state index contributed by atoms with van der Waals surface area (Å²) >= 11 is 0. The third kappa shape index (κ3) is 3.75. The molecule has 2 N–H and O–H groups in total. The molecule has 126 valence electrons. The van der Waals surface area contributed by atoms with Crippen LogP contribution in [0.1, 0.15) is 25.7 Å². The first-order valence-corrected chi connectivity index (χ1v) is 8.45. The average molecular weight is 318 g/mol. The summed E-state index contributed by atoms with van der Waals surface area (Å²) in [6.07, 6.45) is 5.69. The van der Waals surface area contributed by atoms with E-state index in [9.17, 15) is 4.79 Å². The van der Waals surface area contributed by atoms with E-state index in [1.54, 1.807) is 13.3 Å². The van der Waals surface area contributed by atoms with E-state index in [2.05, 4.69) is 9.88 Å². The van der Waals surface area contributed by atoms with Crippen molar-refractivity contribution >= 4 is 11.7 Å². The molecule has 23 heavy (non-hydrogen) atoms. The number of ether oxygens (including phenoxy) is 1. The number of hydrogen-bond acceptors (Lipinski definition) is 5. The van der Waals surface area contributed by atoms with E-state index in [-0.39, 0.29) is 11.9 Å². The third-order valence-electron chi connectivity index (χ3n) is 5.06. The van der Waals surface area contributed by atoms with Gasteiger partial charge in [0.15, 0.2) is 0 Å². The molecule has 2 aliphatic rings. The van der Waals surface area contributed by atoms with Crippen LogP contribution in [0, 0.1) is 5.92 Å². The monoisotopic (exact) mass is 318 g/mol. The highest BCUT2D eigenvalue weighted by Gasteiger charge is 2.29. The lowest BCUT2D eigenvalue weighted by Crippen LogP contribution is -2.49. The van der Waals surface area contributed by atoms with E-state index in [0.717, 1.165) is 57.0 Å². The molecule has 1 aliphatic carbocycles. The van der Waals surface area contributed by atoms with Gasteiger partial charge >= 0.3 is 0 Å². The number of pyridine rings is 1. The second kappa shape index (κ2) is 7.17. The molecule has 2 heterocycles. The van der Waals surface area contributed by atoms with Gasteiger partial charge in [0.25, 0.3) is 0 Å². The minimum atomic E-state index is 0.209. The number of methoxy groups -OCH3 is 1. The van der Waals surface area contributed by atoms with Gasteiger partial charge in [0.2, 0.25) is 5.91 Å². The topological polar surface area (TPSA) is 71.7 Å². The van der Waals surface area contributed by atoms with Crippen molar-refractivity contribution in [1.29, 1.82) is 0 Å². The van der Waals surface area contributed by atoms with Crippen LogP contribution in [0.25, 0.3) is 0 Å². The predicted octanol–water partition coefficient (Wildman–Crippen LogP) is 1.26. The van der Waals surface area contributed by atoms with E-state index in [1.807, 2.05) is 17.0 Å². The number of amides is 1. The smallest absolute Gasteiger partial charge is 0.223 e. The summed E-state index contributed by atoms with van der Waals surface area (Å²) in [6, 6.07) is 3.99. The predicted molar refractivity (Wildman–Crippen MR) is 89.5 cm³/mol. The molecule has 3 rings (SSSR count). The molecule has 0 spiro atoms. The molecule has 6 heteroatoms. The van der Waals surface area contributed by atoms with Gasteiger partial charge in [0.05, 0.1) is 7.11 Å². The maximum absolute atomic E-state index is 12.5. The fraction of sp³-hybridized carbons (Fsp3) is 0.647. The molecule has 1 aliphatic heterocycles. The van der Waals surface area contributed by atoms with E-state index in [4.69, 9.17) is 10.5 Å². The van der Waals surface area contributed by atoms with Gasteiger partial charge in [-0.25, -0.2) is 4.98 Å². The molecular weight excluding hydrogens is 292 g/mol. The Balaban J connectivity index is 1.52. The van der Waals surface area contributed by atoms with Crippen molar-refractivity contribution in [2.45, 2.75) is 31.7 Å². The zero-order chi connectivity index (χ0) is 16.2. The Bertz CT molecular complexity index is 543. The second-order valence-electron chi connectivity index (χ2n) is 6.48. The molecule has 6 nitrogen and oxygen atoms in total. The van der Waals surface area contributed by atoms with E-state index >= 15 is 0 Å². The van der Waals surface area contributed by atoms with Crippen LogP contribution in [0.5, 0.6) is 5.75 Å². The molecule has 1 amide bonds. The highest BCUT2D eigenvalue weighted by atomic mass is 16.5. The standard InChI is InChI=1S/C17H26N4O2/c1-23-14-5-6-19-16(12-14)20-7-9-21(10-8-20)17(22)11-13-3-2-4-15(13)18/h5-6,12-13,15H,2-4,7-11,18H2,1H3/t13-,15+/m0/s1. The molecule has 1 saturated carbocycles. The number of nitrogens with zero attached hydrogens (tertiary/aromatic N) is 3. The van der Waals surface area contributed by atoms with Gasteiger partial charge < -0.3 is 20.3 Å². The zero-order valence-corrected chi connectivity index (χ0v) is 13.8. The van der Waals surface area contributed by atoms with Gasteiger partial charge in [0, 0.05) is 50.9 Å². The van der Waals surface area contributed by atoms with Crippen molar-refractivity contribution in [3.05, 3.63) is 18.3 Å². The Hall–Kier alpha value is -1.82. The van der Waals surface area contributed by atoms with Gasteiger partial charge in [-0.05, 0) is 24.8 Å². The lowest BCUT2D eigenvalue weighted by Gasteiger charge is -2.36. The number of piperazine rings is 1. The average Bonchev–Trinajstić information content (AvgIpc) is 3.00. The minimum Gasteiger partial charge on any atom is -0.497 e. The van der Waals surface area contributed by atoms with Gasteiger partial charge in [-0.1, -0.05) is 6.42 Å². The van der Waals surface area contributed by atoms with Crippen molar-refractivity contribution in [2.24, 2.45) is 11.7 Å². The van der Waals surface area contributed by atoms with Crippen LogP contribution >= 0.6 is 0 Å². The van der Waals surface area contributed by atoms with Crippen LogP contribution in [-0.2, 0) is 4.79 Å². The largest absolute Gasteiger partial charge is 0.497 e. The second-order valence-corrected chi connectivity index (χ2v) is 6.48. The lowest BCUT2D eigenvalue weighted by molar-refractivity contribution is -0.132. The summed E-state index contributed by atoms with van der Waals surface area (Å²) in [6.45, 7) is 3.12. The van der Waals surface area contributed by atoms with Crippen LogP contribution in [0.4, 0.5) is 5.82 Å². The Labute approximate surface area is 137 Å². The number of hydrogen-bond donors (Lipinski definition) is 1. The molecule has 0 bridgehead atoms. The van der Waals surface area contributed by atoms with Crippen LogP contribution in [0.2, 0.25) is 0 Å². The van der Waals surface area contributed by atoms with Crippen molar-refractivity contribution < 1.29 is 9.53 Å². The normalized spacial score (nSPS) is 24.8. The summed E-state index contributed by atoms with van der Waals surface area (Å²) in [5, 5.41) is 0. The van der Waals surface area contributed by atoms with Crippen molar-refractivity contribution in [3.8, 4) is 5.75 Å². The molecule has 2 atom stereocenters. The Morgan fingerprint density at radius 2 is 2.13 bits per heavy atom. The summed E-state index contributed by atoms with van der Waals surface area (Å²) in [7, 11) is 1.66. The highest BCUT2D eigenvalue weighted by molar-refractivity contribution is 5.77. The number of anilines is 1. The molecule has 0 radical (unpaired) electrons. The van der Waals surface area contributed by atoms with Gasteiger partial charge in [-0.15, -0.1) is 0 Å². The number of carbonyl (C=O) groups excluding carboxylic acids is 1. The molecule has 2 fully saturated rings. The van der Waals surface area contributed by atoms with Gasteiger partial charge in [-0.2, -0.15) is 0 Å². The first-order valence-electron chi connectivity index (χ1n) is 8.45. The summed E-state index contributed by atoms with van der Waals surface area (Å²) in [5.41, 5.74) is 6.08. The molecule has 1 aromatic rings. The van der Waals surface area contributed by atoms with Crippen LogP contribution in [0.3, 0.4) is 0 Å². The first-order chi connectivity index (χ1) is 11.2. The fourth-order valence-corrected chi connectivity index (χ4v) is 3.56. The molecule has 0 unspecified atom stereocenters. The Kier molecular flexibility index (Phi) is 5.00. The van der Waals surface area contributed by atoms with Crippen LogP contribution < -0.4 is 15.4 Å². The Morgan fingerprint density at radius 3 is 2.78 bits per heavy atom. The zero-order valence-electron chi connectivity index (χ0n) is 13.8. The van der Waals surface area contributed by atoms with Crippen molar-refractivity contribution in [1.82, 2.24) is 9.88 Å². The molecule has 0 aromatic carbocycles. The van der Waals surface area contributed by atoms with E-state index in [1.165, 1.54) is 0 Å². The number of nitrogens with two attached hydrogens (primary N) is 1. The van der Waals surface area contributed by atoms with Gasteiger partial charge in [-0.3, -0.25) is 4.79 Å². The SMILES string of the molecule is COc1ccnc(N2CCN(C(=O)C[C@@H]3CCC[C@H]3N)CC2)c1. The first kappa shape index (κ1) is 16.1. The number of carbonyl (C=O) groups is 1. The summed E-state index contributed by atoms with van der Waals surface area (Å²) in [5.74, 6) is 2.35. The number of rotatable bonds is 4. The minimum absolute atomic E-state index is 0.209. The van der Waals surface area contributed by atoms with E-state index < -0.39 is 0 Å². The maximum Gasteiger partial charge on any atom is 0.223 e. The highest BCUT2D eigenvalue weighted by Crippen LogP contribution is 2.27. The Morgan fingerprint density at radius 1 is 1.35 bits per heavy atom. The quantitative estimate of drug-likeness (QED) is 0.905. The van der Waals surface area contributed by atoms with Gasteiger partial charge in [0.1, 0.15) is 11.6 Å². The lowest BCUT2D eigenvalue weighted by atomic mass is 9.99. The van der Waals surface area contributed by atoms with E-state index in [0.29, 0.717) is 12.3 Å². The van der Waals surface area contributed by atoms with Crippen LogP contribution in [-0.4, -0.2) is 55.1 Å². The third-order valence-corrected chi connectivity index (χ3v) is 5.06. The molecular formula is C17H26N4O2. The van der Waals surface area contributed by atoms with Crippen LogP contribution in [0.15, 0.2) is 18.3 Å². The maximum atomic E-state index is 12.5. The molecule has 1 aromatic heterocycles. The molecule has 1 saturated heterocycles.